The molecule has 0 bridgehead atoms. The summed E-state index contributed by atoms with van der Waals surface area (Å²) in [6, 6.07) is 0. The minimum atomic E-state index is -0.159. The predicted molar refractivity (Wildman–Crippen MR) is 55.1 cm³/mol. The van der Waals surface area contributed by atoms with Crippen LogP contribution in [0.4, 0.5) is 0 Å². The Balaban J connectivity index is 1.82. The Morgan fingerprint density at radius 1 is 1.47 bits per heavy atom. The third-order valence-corrected chi connectivity index (χ3v) is 3.18. The van der Waals surface area contributed by atoms with Crippen LogP contribution in [0.3, 0.4) is 0 Å². The van der Waals surface area contributed by atoms with Crippen LogP contribution in [-0.2, 0) is 14.3 Å². The van der Waals surface area contributed by atoms with Gasteiger partial charge in [0.2, 0.25) is 0 Å². The van der Waals surface area contributed by atoms with Crippen molar-refractivity contribution in [2.75, 3.05) is 6.61 Å². The van der Waals surface area contributed by atoms with Crippen molar-refractivity contribution in [1.29, 1.82) is 0 Å². The van der Waals surface area contributed by atoms with E-state index in [1.54, 1.807) is 0 Å². The quantitative estimate of drug-likeness (QED) is 0.653. The van der Waals surface area contributed by atoms with E-state index in [2.05, 4.69) is 0 Å². The van der Waals surface area contributed by atoms with Crippen LogP contribution in [0.15, 0.2) is 0 Å². The Hall–Kier alpha value is -0.860. The second kappa shape index (κ2) is 3.32. The van der Waals surface area contributed by atoms with E-state index in [9.17, 15) is 9.59 Å². The number of hydrogen-bond donors (Lipinski definition) is 0. The second-order valence-electron chi connectivity index (χ2n) is 5.89. The van der Waals surface area contributed by atoms with Gasteiger partial charge in [0.1, 0.15) is 5.78 Å². The molecule has 0 saturated heterocycles. The highest BCUT2D eigenvalue weighted by Gasteiger charge is 2.62. The van der Waals surface area contributed by atoms with Gasteiger partial charge in [-0.1, -0.05) is 20.8 Å². The highest BCUT2D eigenvalue weighted by molar-refractivity contribution is 5.94. The first kappa shape index (κ1) is 10.7. The number of hydrogen-bond acceptors (Lipinski definition) is 3. The maximum atomic E-state index is 11.6. The average molecular weight is 210 g/mol. The normalized spacial score (nSPS) is 33.8. The van der Waals surface area contributed by atoms with Crippen LogP contribution in [-0.4, -0.2) is 18.4 Å². The monoisotopic (exact) mass is 210 g/mol. The predicted octanol–water partition coefficient (Wildman–Crippen LogP) is 1.80. The fraction of sp³-hybridized carbons (Fsp3) is 0.833. The summed E-state index contributed by atoms with van der Waals surface area (Å²) in [6.07, 6.45) is 1.55. The van der Waals surface area contributed by atoms with Crippen molar-refractivity contribution in [2.45, 2.75) is 33.6 Å². The lowest BCUT2D eigenvalue weighted by Crippen LogP contribution is -2.21. The molecule has 0 N–H and O–H groups in total. The van der Waals surface area contributed by atoms with Gasteiger partial charge < -0.3 is 4.74 Å². The number of carbonyl (C=O) groups excluding carboxylic acids is 2. The number of esters is 1. The van der Waals surface area contributed by atoms with E-state index >= 15 is 0 Å². The summed E-state index contributed by atoms with van der Waals surface area (Å²) in [4.78, 5) is 23.0. The molecule has 0 amide bonds. The van der Waals surface area contributed by atoms with Crippen molar-refractivity contribution in [3.05, 3.63) is 0 Å². The molecule has 3 heteroatoms. The molecule has 2 saturated carbocycles. The van der Waals surface area contributed by atoms with Crippen LogP contribution >= 0.6 is 0 Å². The molecule has 0 aromatic carbocycles. The van der Waals surface area contributed by atoms with Crippen LogP contribution in [0.2, 0.25) is 0 Å². The molecule has 2 rings (SSSR count). The van der Waals surface area contributed by atoms with Gasteiger partial charge in [-0.3, -0.25) is 9.59 Å². The Morgan fingerprint density at radius 3 is 2.60 bits per heavy atom. The molecule has 0 unspecified atom stereocenters. The molecular formula is C12H18O3. The van der Waals surface area contributed by atoms with Gasteiger partial charge in [0.05, 0.1) is 12.5 Å². The number of carbonyl (C=O) groups is 2. The number of ether oxygens (including phenoxy) is 1. The van der Waals surface area contributed by atoms with E-state index in [4.69, 9.17) is 4.74 Å². The van der Waals surface area contributed by atoms with Gasteiger partial charge >= 0.3 is 5.97 Å². The van der Waals surface area contributed by atoms with Crippen molar-refractivity contribution in [3.63, 3.8) is 0 Å². The fourth-order valence-electron chi connectivity index (χ4n) is 2.35. The van der Waals surface area contributed by atoms with Crippen LogP contribution in [0.5, 0.6) is 0 Å². The molecule has 2 aliphatic rings. The maximum Gasteiger partial charge on any atom is 0.310 e. The SMILES string of the molecule is CC(C)(C)COC(=O)[C@H]1[C@@H]2CCC(=O)[C@@H]21. The molecular weight excluding hydrogens is 192 g/mol. The second-order valence-corrected chi connectivity index (χ2v) is 5.89. The maximum absolute atomic E-state index is 11.6. The lowest BCUT2D eigenvalue weighted by Gasteiger charge is -2.18. The molecule has 84 valence electrons. The van der Waals surface area contributed by atoms with Crippen molar-refractivity contribution in [1.82, 2.24) is 0 Å². The number of Topliss-reactive ketones (excluding diaryl/α,β-unsaturated/α-hetero) is 1. The van der Waals surface area contributed by atoms with Gasteiger partial charge in [-0.25, -0.2) is 0 Å². The minimum absolute atomic E-state index is 0.00364. The van der Waals surface area contributed by atoms with E-state index in [1.165, 1.54) is 0 Å². The van der Waals surface area contributed by atoms with Gasteiger partial charge in [0.15, 0.2) is 0 Å². The molecule has 0 aromatic rings. The summed E-state index contributed by atoms with van der Waals surface area (Å²) in [5.74, 6) is 0.321. The summed E-state index contributed by atoms with van der Waals surface area (Å²) >= 11 is 0. The number of fused-ring (bicyclic) bond motifs is 1. The minimum Gasteiger partial charge on any atom is -0.465 e. The number of ketones is 1. The van der Waals surface area contributed by atoms with E-state index in [1.807, 2.05) is 20.8 Å². The van der Waals surface area contributed by atoms with Crippen LogP contribution < -0.4 is 0 Å². The van der Waals surface area contributed by atoms with Crippen molar-refractivity contribution >= 4 is 11.8 Å². The smallest absolute Gasteiger partial charge is 0.310 e. The summed E-state index contributed by atoms with van der Waals surface area (Å²) in [6.45, 7) is 6.52. The van der Waals surface area contributed by atoms with Gasteiger partial charge in [-0.05, 0) is 17.8 Å². The third kappa shape index (κ3) is 2.06. The van der Waals surface area contributed by atoms with Crippen LogP contribution in [0.25, 0.3) is 0 Å². The third-order valence-electron chi connectivity index (χ3n) is 3.18. The first-order valence-corrected chi connectivity index (χ1v) is 5.59. The molecule has 0 aromatic heterocycles. The topological polar surface area (TPSA) is 43.4 Å². The highest BCUT2D eigenvalue weighted by Crippen LogP contribution is 2.55. The lowest BCUT2D eigenvalue weighted by molar-refractivity contribution is -0.149. The lowest BCUT2D eigenvalue weighted by atomic mass is 9.99. The van der Waals surface area contributed by atoms with E-state index in [0.29, 0.717) is 18.9 Å². The fourth-order valence-corrected chi connectivity index (χ4v) is 2.35. The number of rotatable bonds is 2. The van der Waals surface area contributed by atoms with E-state index < -0.39 is 0 Å². The molecule has 2 aliphatic carbocycles. The van der Waals surface area contributed by atoms with Gasteiger partial charge in [-0.2, -0.15) is 0 Å². The zero-order valence-corrected chi connectivity index (χ0v) is 9.58. The van der Waals surface area contributed by atoms with E-state index in [-0.39, 0.29) is 29.0 Å². The Bertz CT molecular complexity index is 300. The molecule has 3 nitrogen and oxygen atoms in total. The van der Waals surface area contributed by atoms with E-state index in [0.717, 1.165) is 6.42 Å². The van der Waals surface area contributed by atoms with Gasteiger partial charge in [0, 0.05) is 12.3 Å². The molecule has 0 heterocycles. The first-order chi connectivity index (χ1) is 6.90. The Morgan fingerprint density at radius 2 is 2.13 bits per heavy atom. The van der Waals surface area contributed by atoms with Crippen molar-refractivity contribution < 1.29 is 14.3 Å². The largest absolute Gasteiger partial charge is 0.465 e. The molecule has 3 atom stereocenters. The standard InChI is InChI=1S/C12H18O3/c1-12(2,3)6-15-11(14)10-7-4-5-8(13)9(7)10/h7,9-10H,4-6H2,1-3H3/t7-,9-,10+/m1/s1. The summed E-state index contributed by atoms with van der Waals surface area (Å²) in [5, 5.41) is 0. The average Bonchev–Trinajstić information content (AvgIpc) is 2.73. The molecule has 0 aliphatic heterocycles. The molecule has 15 heavy (non-hydrogen) atoms. The summed E-state index contributed by atoms with van der Waals surface area (Å²) in [7, 11) is 0. The highest BCUT2D eigenvalue weighted by atomic mass is 16.5. The van der Waals surface area contributed by atoms with Crippen molar-refractivity contribution in [3.8, 4) is 0 Å². The van der Waals surface area contributed by atoms with Crippen molar-refractivity contribution in [2.24, 2.45) is 23.2 Å². The Kier molecular flexibility index (Phi) is 2.36. The van der Waals surface area contributed by atoms with Crippen LogP contribution in [0, 0.1) is 23.2 Å². The van der Waals surface area contributed by atoms with Gasteiger partial charge in [0.25, 0.3) is 0 Å². The first-order valence-electron chi connectivity index (χ1n) is 5.59. The molecule has 0 spiro atoms. The van der Waals surface area contributed by atoms with Gasteiger partial charge in [-0.15, -0.1) is 0 Å². The molecule has 0 radical (unpaired) electrons. The van der Waals surface area contributed by atoms with Crippen LogP contribution in [0.1, 0.15) is 33.6 Å². The zero-order chi connectivity index (χ0) is 11.2. The zero-order valence-electron chi connectivity index (χ0n) is 9.58. The molecule has 2 fully saturated rings. The summed E-state index contributed by atoms with van der Waals surface area (Å²) in [5.41, 5.74) is 0.00364. The Labute approximate surface area is 90.2 Å². The summed E-state index contributed by atoms with van der Waals surface area (Å²) < 4.78 is 5.22.